The first kappa shape index (κ1) is 18.4. The summed E-state index contributed by atoms with van der Waals surface area (Å²) in [6.45, 7) is 1.82. The fraction of sp³-hybridized carbons (Fsp3) is 0.100. The van der Waals surface area contributed by atoms with Crippen molar-refractivity contribution in [1.29, 1.82) is 0 Å². The van der Waals surface area contributed by atoms with Crippen LogP contribution in [0, 0.1) is 6.07 Å². The van der Waals surface area contributed by atoms with Crippen LogP contribution in [-0.2, 0) is 26.1 Å². The fourth-order valence-corrected chi connectivity index (χ4v) is 5.54. The molecule has 0 atom stereocenters. The monoisotopic (exact) mass is 385 g/mol. The van der Waals surface area contributed by atoms with Crippen molar-refractivity contribution in [2.45, 2.75) is 32.9 Å². The second-order valence-corrected chi connectivity index (χ2v) is 9.51. The highest BCUT2D eigenvalue weighted by Gasteiger charge is 2.25. The molecule has 0 heterocycles. The second kappa shape index (κ2) is 7.05. The van der Waals surface area contributed by atoms with Crippen LogP contribution in [0.4, 0.5) is 0 Å². The Morgan fingerprint density at radius 1 is 0.769 bits per heavy atom. The summed E-state index contributed by atoms with van der Waals surface area (Å²) in [5, 5.41) is 0. The lowest BCUT2D eigenvalue weighted by molar-refractivity contribution is 0.593. The first-order chi connectivity index (χ1) is 12.4. The van der Waals surface area contributed by atoms with Crippen molar-refractivity contribution < 1.29 is 16.8 Å². The van der Waals surface area contributed by atoms with Gasteiger partial charge in [-0.25, -0.2) is 16.8 Å². The summed E-state index contributed by atoms with van der Waals surface area (Å²) >= 11 is 0. The number of hydrogen-bond acceptors (Lipinski definition) is 4. The third-order valence-corrected chi connectivity index (χ3v) is 7.59. The predicted molar refractivity (Wildman–Crippen MR) is 98.4 cm³/mol. The number of sulfone groups is 2. The number of aryl methyl sites for hydroxylation is 1. The zero-order valence-corrected chi connectivity index (χ0v) is 15.7. The molecule has 0 unspecified atom stereocenters. The van der Waals surface area contributed by atoms with Gasteiger partial charge in [-0.05, 0) is 48.4 Å². The van der Waals surface area contributed by atoms with Crippen molar-refractivity contribution in [3.05, 3.63) is 84.4 Å². The van der Waals surface area contributed by atoms with E-state index in [4.69, 9.17) is 0 Å². The molecular weight excluding hydrogens is 368 g/mol. The van der Waals surface area contributed by atoms with E-state index >= 15 is 0 Å². The Labute approximate surface area is 154 Å². The summed E-state index contributed by atoms with van der Waals surface area (Å²) in [7, 11) is -7.68. The maximum Gasteiger partial charge on any atom is 0.207 e. The van der Waals surface area contributed by atoms with Crippen molar-refractivity contribution in [3.63, 3.8) is 0 Å². The van der Waals surface area contributed by atoms with Gasteiger partial charge < -0.3 is 0 Å². The predicted octanol–water partition coefficient (Wildman–Crippen LogP) is 3.71. The largest absolute Gasteiger partial charge is 0.219 e. The van der Waals surface area contributed by atoms with E-state index in [1.54, 1.807) is 36.4 Å². The maximum atomic E-state index is 13.0. The van der Waals surface area contributed by atoms with Crippen LogP contribution < -0.4 is 0 Å². The van der Waals surface area contributed by atoms with E-state index in [0.29, 0.717) is 12.0 Å². The van der Waals surface area contributed by atoms with Gasteiger partial charge in [-0.3, -0.25) is 0 Å². The third-order valence-electron chi connectivity index (χ3n) is 4.03. The molecule has 3 aromatic rings. The van der Waals surface area contributed by atoms with Crippen molar-refractivity contribution in [3.8, 4) is 0 Å². The summed E-state index contributed by atoms with van der Waals surface area (Å²) in [5.41, 5.74) is 0.529. The Balaban J connectivity index is 2.21. The molecule has 1 radical (unpaired) electrons. The van der Waals surface area contributed by atoms with Gasteiger partial charge in [-0.1, -0.05) is 43.3 Å². The van der Waals surface area contributed by atoms with Crippen LogP contribution in [0.25, 0.3) is 0 Å². The zero-order valence-electron chi connectivity index (χ0n) is 14.1. The molecule has 6 heteroatoms. The molecule has 0 aliphatic carbocycles. The SMILES string of the molecule is CCc1c[c]c(S(=O)(=O)c2ccccc2)cc1S(=O)(=O)c1ccccc1. The van der Waals surface area contributed by atoms with Gasteiger partial charge in [-0.2, -0.15) is 0 Å². The van der Waals surface area contributed by atoms with Crippen molar-refractivity contribution in [2.24, 2.45) is 0 Å². The van der Waals surface area contributed by atoms with Crippen LogP contribution in [0.1, 0.15) is 12.5 Å². The van der Waals surface area contributed by atoms with Gasteiger partial charge in [0, 0.05) is 6.07 Å². The lowest BCUT2D eigenvalue weighted by atomic mass is 10.2. The highest BCUT2D eigenvalue weighted by Crippen LogP contribution is 2.29. The molecule has 0 fully saturated rings. The minimum Gasteiger partial charge on any atom is -0.219 e. The molecule has 0 amide bonds. The minimum atomic E-state index is -3.85. The first-order valence-corrected chi connectivity index (χ1v) is 11.0. The molecule has 0 bridgehead atoms. The topological polar surface area (TPSA) is 68.3 Å². The average molecular weight is 385 g/mol. The maximum absolute atomic E-state index is 13.0. The molecule has 3 rings (SSSR count). The highest BCUT2D eigenvalue weighted by molar-refractivity contribution is 7.92. The summed E-state index contributed by atoms with van der Waals surface area (Å²) in [5.74, 6) is 0. The molecule has 0 saturated carbocycles. The number of hydrogen-bond donors (Lipinski definition) is 0. The van der Waals surface area contributed by atoms with Crippen LogP contribution in [0.2, 0.25) is 0 Å². The van der Waals surface area contributed by atoms with E-state index in [1.165, 1.54) is 36.4 Å². The molecule has 0 aliphatic heterocycles. The molecule has 0 N–H and O–H groups in total. The normalized spacial score (nSPS) is 12.0. The zero-order chi connectivity index (χ0) is 18.8. The van der Waals surface area contributed by atoms with E-state index in [0.717, 1.165) is 0 Å². The van der Waals surface area contributed by atoms with Crippen molar-refractivity contribution >= 4 is 19.7 Å². The Bertz CT molecular complexity index is 1120. The Kier molecular flexibility index (Phi) is 4.98. The van der Waals surface area contributed by atoms with Crippen LogP contribution in [0.5, 0.6) is 0 Å². The average Bonchev–Trinajstić information content (AvgIpc) is 2.68. The lowest BCUT2D eigenvalue weighted by Gasteiger charge is -2.12. The van der Waals surface area contributed by atoms with Gasteiger partial charge in [0.05, 0.1) is 19.6 Å². The quantitative estimate of drug-likeness (QED) is 0.671. The molecule has 133 valence electrons. The molecule has 0 spiro atoms. The molecule has 4 nitrogen and oxygen atoms in total. The van der Waals surface area contributed by atoms with Gasteiger partial charge in [-0.15, -0.1) is 0 Å². The van der Waals surface area contributed by atoms with E-state index in [9.17, 15) is 16.8 Å². The third kappa shape index (κ3) is 3.30. The molecular formula is C20H17O4S2. The van der Waals surface area contributed by atoms with Crippen LogP contribution in [0.15, 0.2) is 92.4 Å². The van der Waals surface area contributed by atoms with Gasteiger partial charge in [0.2, 0.25) is 19.7 Å². The summed E-state index contributed by atoms with van der Waals surface area (Å²) < 4.78 is 51.7. The Morgan fingerprint density at radius 2 is 1.27 bits per heavy atom. The van der Waals surface area contributed by atoms with Crippen molar-refractivity contribution in [2.75, 3.05) is 0 Å². The highest BCUT2D eigenvalue weighted by atomic mass is 32.2. The molecule has 26 heavy (non-hydrogen) atoms. The van der Waals surface area contributed by atoms with E-state index in [1.807, 2.05) is 6.92 Å². The Morgan fingerprint density at radius 3 is 1.77 bits per heavy atom. The van der Waals surface area contributed by atoms with Gasteiger partial charge >= 0.3 is 0 Å². The standard InChI is InChI=1S/C20H17O4S2/c1-2-16-13-14-19(25(21,22)17-9-5-3-6-10-17)15-20(16)26(23,24)18-11-7-4-8-12-18/h3-13,15H,2H2,1H3. The van der Waals surface area contributed by atoms with E-state index in [-0.39, 0.29) is 19.6 Å². The van der Waals surface area contributed by atoms with Crippen LogP contribution in [0.3, 0.4) is 0 Å². The van der Waals surface area contributed by atoms with Crippen LogP contribution in [-0.4, -0.2) is 16.8 Å². The molecule has 0 saturated heterocycles. The van der Waals surface area contributed by atoms with Gasteiger partial charge in [0.15, 0.2) is 0 Å². The van der Waals surface area contributed by atoms with E-state index < -0.39 is 19.7 Å². The minimum absolute atomic E-state index is 0.000504. The van der Waals surface area contributed by atoms with Gasteiger partial charge in [0.25, 0.3) is 0 Å². The molecule has 0 aliphatic rings. The smallest absolute Gasteiger partial charge is 0.207 e. The fourth-order valence-electron chi connectivity index (χ4n) is 2.62. The van der Waals surface area contributed by atoms with E-state index in [2.05, 4.69) is 6.07 Å². The number of rotatable bonds is 5. The second-order valence-electron chi connectivity index (χ2n) is 5.67. The Hall–Kier alpha value is -2.44. The summed E-state index contributed by atoms with van der Waals surface area (Å²) in [4.78, 5) is 0.0716. The summed E-state index contributed by atoms with van der Waals surface area (Å²) in [6.07, 6.45) is 0.448. The summed E-state index contributed by atoms with van der Waals surface area (Å²) in [6, 6.07) is 21.3. The first-order valence-electron chi connectivity index (χ1n) is 8.02. The number of benzene rings is 3. The molecule has 3 aromatic carbocycles. The lowest BCUT2D eigenvalue weighted by Crippen LogP contribution is -2.09. The molecule has 0 aromatic heterocycles. The van der Waals surface area contributed by atoms with Crippen LogP contribution >= 0.6 is 0 Å². The van der Waals surface area contributed by atoms with Crippen molar-refractivity contribution in [1.82, 2.24) is 0 Å². The van der Waals surface area contributed by atoms with Gasteiger partial charge in [0.1, 0.15) is 0 Å².